The molecular weight excluding hydrogens is 294 g/mol. The highest BCUT2D eigenvalue weighted by atomic mass is 16.5. The fraction of sp³-hybridized carbons (Fsp3) is 0.529. The number of amides is 2. The lowest BCUT2D eigenvalue weighted by Crippen LogP contribution is -2.49. The number of nitrogens with one attached hydrogen (secondary N) is 1. The molecule has 3 N–H and O–H groups in total. The van der Waals surface area contributed by atoms with Gasteiger partial charge in [0.2, 0.25) is 0 Å². The van der Waals surface area contributed by atoms with Crippen LogP contribution in [0.1, 0.15) is 37.0 Å². The zero-order valence-corrected chi connectivity index (χ0v) is 13.5. The van der Waals surface area contributed by atoms with Crippen LogP contribution in [0.25, 0.3) is 0 Å². The lowest BCUT2D eigenvalue weighted by Gasteiger charge is -2.38. The summed E-state index contributed by atoms with van der Waals surface area (Å²) in [7, 11) is 0. The van der Waals surface area contributed by atoms with Crippen molar-refractivity contribution in [3.8, 4) is 5.75 Å². The number of hydrogen-bond donors (Lipinski definition) is 2. The summed E-state index contributed by atoms with van der Waals surface area (Å²) in [4.78, 5) is 26.6. The molecule has 0 aliphatic carbocycles. The number of nitrogens with zero attached hydrogens (tertiary/aromatic N) is 1. The SMILES string of the molecule is CC1CCN(C(=O)c2cccc3c2OC(C)C(=O)N3)C(CN)C1. The fourth-order valence-electron chi connectivity index (χ4n) is 3.29. The van der Waals surface area contributed by atoms with E-state index < -0.39 is 6.10 Å². The second-order valence-electron chi connectivity index (χ2n) is 6.45. The zero-order valence-electron chi connectivity index (χ0n) is 13.5. The number of carbonyl (C=O) groups is 2. The van der Waals surface area contributed by atoms with E-state index in [-0.39, 0.29) is 17.9 Å². The minimum Gasteiger partial charge on any atom is -0.478 e. The molecule has 2 heterocycles. The van der Waals surface area contributed by atoms with Crippen molar-refractivity contribution in [3.63, 3.8) is 0 Å². The quantitative estimate of drug-likeness (QED) is 0.868. The predicted molar refractivity (Wildman–Crippen MR) is 87.4 cm³/mol. The molecule has 0 spiro atoms. The molecule has 1 aromatic carbocycles. The lowest BCUT2D eigenvalue weighted by molar-refractivity contribution is -0.122. The van der Waals surface area contributed by atoms with Gasteiger partial charge in [0.1, 0.15) is 0 Å². The van der Waals surface area contributed by atoms with Gasteiger partial charge in [-0.15, -0.1) is 0 Å². The number of hydrogen-bond acceptors (Lipinski definition) is 4. The van der Waals surface area contributed by atoms with Gasteiger partial charge >= 0.3 is 0 Å². The van der Waals surface area contributed by atoms with Gasteiger partial charge < -0.3 is 20.7 Å². The molecule has 23 heavy (non-hydrogen) atoms. The smallest absolute Gasteiger partial charge is 0.265 e. The maximum atomic E-state index is 13.0. The van der Waals surface area contributed by atoms with E-state index in [1.165, 1.54) is 0 Å². The van der Waals surface area contributed by atoms with Crippen LogP contribution >= 0.6 is 0 Å². The maximum absolute atomic E-state index is 13.0. The van der Waals surface area contributed by atoms with Crippen molar-refractivity contribution in [1.82, 2.24) is 4.90 Å². The van der Waals surface area contributed by atoms with E-state index in [1.54, 1.807) is 25.1 Å². The van der Waals surface area contributed by atoms with Gasteiger partial charge in [0.25, 0.3) is 11.8 Å². The molecular formula is C17H23N3O3. The van der Waals surface area contributed by atoms with Crippen LogP contribution in [0, 0.1) is 5.92 Å². The number of nitrogens with two attached hydrogens (primary N) is 1. The largest absolute Gasteiger partial charge is 0.478 e. The van der Waals surface area contributed by atoms with E-state index in [0.29, 0.717) is 36.0 Å². The third kappa shape index (κ3) is 2.91. The number of anilines is 1. The molecule has 0 aromatic heterocycles. The van der Waals surface area contributed by atoms with Crippen molar-refractivity contribution in [2.75, 3.05) is 18.4 Å². The molecule has 1 saturated heterocycles. The highest BCUT2D eigenvalue weighted by molar-refractivity contribution is 6.04. The first-order chi connectivity index (χ1) is 11.0. The second kappa shape index (κ2) is 6.20. The molecule has 0 saturated carbocycles. The highest BCUT2D eigenvalue weighted by Gasteiger charge is 2.33. The summed E-state index contributed by atoms with van der Waals surface area (Å²) >= 11 is 0. The van der Waals surface area contributed by atoms with Crippen LogP contribution in [0.15, 0.2) is 18.2 Å². The Bertz CT molecular complexity index is 632. The average Bonchev–Trinajstić information content (AvgIpc) is 2.54. The van der Waals surface area contributed by atoms with E-state index >= 15 is 0 Å². The van der Waals surface area contributed by atoms with E-state index in [1.807, 2.05) is 4.90 Å². The van der Waals surface area contributed by atoms with Gasteiger partial charge in [-0.2, -0.15) is 0 Å². The van der Waals surface area contributed by atoms with Gasteiger partial charge in [0, 0.05) is 19.1 Å². The summed E-state index contributed by atoms with van der Waals surface area (Å²) in [5, 5.41) is 2.78. The summed E-state index contributed by atoms with van der Waals surface area (Å²) in [6, 6.07) is 5.30. The summed E-state index contributed by atoms with van der Waals surface area (Å²) < 4.78 is 5.69. The molecule has 6 nitrogen and oxygen atoms in total. The molecule has 2 amide bonds. The first-order valence-corrected chi connectivity index (χ1v) is 8.12. The molecule has 2 aliphatic heterocycles. The van der Waals surface area contributed by atoms with Gasteiger partial charge in [0.15, 0.2) is 11.9 Å². The molecule has 1 fully saturated rings. The number of fused-ring (bicyclic) bond motifs is 1. The Balaban J connectivity index is 1.91. The van der Waals surface area contributed by atoms with Crippen molar-refractivity contribution in [2.45, 2.75) is 38.8 Å². The number of carbonyl (C=O) groups excluding carboxylic acids is 2. The zero-order chi connectivity index (χ0) is 16.6. The third-order valence-corrected chi connectivity index (χ3v) is 4.68. The van der Waals surface area contributed by atoms with E-state index in [0.717, 1.165) is 12.8 Å². The Morgan fingerprint density at radius 1 is 1.43 bits per heavy atom. The van der Waals surface area contributed by atoms with Gasteiger partial charge in [-0.25, -0.2) is 0 Å². The Morgan fingerprint density at radius 3 is 2.96 bits per heavy atom. The van der Waals surface area contributed by atoms with Crippen molar-refractivity contribution in [3.05, 3.63) is 23.8 Å². The number of rotatable bonds is 2. The summed E-state index contributed by atoms with van der Waals surface area (Å²) in [5.41, 5.74) is 6.91. The van der Waals surface area contributed by atoms with E-state index in [4.69, 9.17) is 10.5 Å². The van der Waals surface area contributed by atoms with Crippen LogP contribution < -0.4 is 15.8 Å². The molecule has 2 aliphatic rings. The van der Waals surface area contributed by atoms with Crippen molar-refractivity contribution < 1.29 is 14.3 Å². The second-order valence-corrected chi connectivity index (χ2v) is 6.45. The van der Waals surface area contributed by atoms with Crippen LogP contribution in [0.3, 0.4) is 0 Å². The number of likely N-dealkylation sites (tertiary alicyclic amines) is 1. The Hall–Kier alpha value is -2.08. The molecule has 0 radical (unpaired) electrons. The fourth-order valence-corrected chi connectivity index (χ4v) is 3.29. The predicted octanol–water partition coefficient (Wildman–Crippen LogP) is 1.61. The Morgan fingerprint density at radius 2 is 2.22 bits per heavy atom. The molecule has 124 valence electrons. The van der Waals surface area contributed by atoms with Gasteiger partial charge in [-0.05, 0) is 37.8 Å². The normalized spacial score (nSPS) is 27.0. The average molecular weight is 317 g/mol. The first-order valence-electron chi connectivity index (χ1n) is 8.12. The van der Waals surface area contributed by atoms with Crippen LogP contribution in [0.5, 0.6) is 5.75 Å². The minimum absolute atomic E-state index is 0.0534. The number of piperidine rings is 1. The van der Waals surface area contributed by atoms with E-state index in [9.17, 15) is 9.59 Å². The number of para-hydroxylation sites is 1. The van der Waals surface area contributed by atoms with Crippen LogP contribution in [-0.4, -0.2) is 41.9 Å². The Kier molecular flexibility index (Phi) is 4.26. The van der Waals surface area contributed by atoms with Crippen molar-refractivity contribution in [1.29, 1.82) is 0 Å². The highest BCUT2D eigenvalue weighted by Crippen LogP contribution is 2.35. The monoisotopic (exact) mass is 317 g/mol. The number of benzene rings is 1. The number of ether oxygens (including phenoxy) is 1. The van der Waals surface area contributed by atoms with Crippen LogP contribution in [0.4, 0.5) is 5.69 Å². The van der Waals surface area contributed by atoms with E-state index in [2.05, 4.69) is 12.2 Å². The van der Waals surface area contributed by atoms with Crippen LogP contribution in [0.2, 0.25) is 0 Å². The van der Waals surface area contributed by atoms with Crippen LogP contribution in [-0.2, 0) is 4.79 Å². The summed E-state index contributed by atoms with van der Waals surface area (Å²) in [5.74, 6) is 0.758. The summed E-state index contributed by atoms with van der Waals surface area (Å²) in [6.07, 6.45) is 1.29. The van der Waals surface area contributed by atoms with Gasteiger partial charge in [-0.1, -0.05) is 13.0 Å². The lowest BCUT2D eigenvalue weighted by atomic mass is 9.91. The van der Waals surface area contributed by atoms with Gasteiger partial charge in [-0.3, -0.25) is 9.59 Å². The topological polar surface area (TPSA) is 84.7 Å². The summed E-state index contributed by atoms with van der Waals surface area (Å²) in [6.45, 7) is 5.02. The third-order valence-electron chi connectivity index (χ3n) is 4.68. The molecule has 0 bridgehead atoms. The molecule has 6 heteroatoms. The first kappa shape index (κ1) is 15.8. The van der Waals surface area contributed by atoms with Crippen molar-refractivity contribution in [2.24, 2.45) is 11.7 Å². The van der Waals surface area contributed by atoms with Gasteiger partial charge in [0.05, 0.1) is 11.3 Å². The minimum atomic E-state index is -0.608. The Labute approximate surface area is 136 Å². The maximum Gasteiger partial charge on any atom is 0.265 e. The molecule has 1 aromatic rings. The molecule has 3 unspecified atom stereocenters. The molecule has 3 atom stereocenters. The van der Waals surface area contributed by atoms with Crippen molar-refractivity contribution >= 4 is 17.5 Å². The molecule has 3 rings (SSSR count). The standard InChI is InChI=1S/C17H23N3O3/c1-10-6-7-20(12(8-10)9-18)17(22)13-4-3-5-14-15(13)23-11(2)16(21)19-14/h3-5,10-12H,6-9,18H2,1-2H3,(H,19,21).